The van der Waals surface area contributed by atoms with E-state index in [1.807, 2.05) is 42.7 Å². The van der Waals surface area contributed by atoms with Crippen LogP contribution in [0, 0.1) is 0 Å². The molecule has 0 bridgehead atoms. The van der Waals surface area contributed by atoms with Crippen LogP contribution in [0.4, 0.5) is 5.69 Å². The van der Waals surface area contributed by atoms with Gasteiger partial charge in [-0.25, -0.2) is 8.42 Å². The summed E-state index contributed by atoms with van der Waals surface area (Å²) in [7, 11) is -1.71. The Labute approximate surface area is 203 Å². The van der Waals surface area contributed by atoms with Gasteiger partial charge in [-0.1, -0.05) is 75.4 Å². The van der Waals surface area contributed by atoms with Gasteiger partial charge in [0.1, 0.15) is 0 Å². The molecule has 0 atom stereocenters. The van der Waals surface area contributed by atoms with Crippen molar-refractivity contribution in [1.82, 2.24) is 5.32 Å². The van der Waals surface area contributed by atoms with E-state index in [0.717, 1.165) is 56.2 Å². The van der Waals surface area contributed by atoms with Crippen LogP contribution in [0.25, 0.3) is 11.1 Å². The molecule has 0 aromatic heterocycles. The summed E-state index contributed by atoms with van der Waals surface area (Å²) in [6.45, 7) is 3.36. The number of nitrogens with one attached hydrogen (secondary N) is 2. The maximum Gasteiger partial charge on any atom is 0.292 e. The number of rotatable bonds is 16. The summed E-state index contributed by atoms with van der Waals surface area (Å²) in [5, 5.41) is 4.63. The molecule has 2 aromatic rings. The summed E-state index contributed by atoms with van der Waals surface area (Å²) in [5.41, 5.74) is 1.79. The molecule has 7 nitrogen and oxygen atoms in total. The molecular weight excluding hydrogens is 450 g/mol. The second kappa shape index (κ2) is 14.5. The Bertz CT molecular complexity index is 1020. The standard InChI is InChI=1S/C26H37N3O4S/c1-3-4-5-6-7-11-19-34(32,33)29-24-16-15-22(21-13-9-8-10-14-21)20-23(24)25(30)26(31)28-18-12-17-27-2/h8-10,13-16,20,27,29H,3-7,11-12,17-19H2,1-2H3,(H,28,31)/p+1. The zero-order valence-corrected chi connectivity index (χ0v) is 21.1. The van der Waals surface area contributed by atoms with E-state index >= 15 is 0 Å². The number of amides is 1. The average Bonchev–Trinajstić information content (AvgIpc) is 2.84. The van der Waals surface area contributed by atoms with Gasteiger partial charge in [0.25, 0.3) is 11.7 Å². The molecule has 0 aliphatic rings. The minimum Gasteiger partial charge on any atom is -0.349 e. The van der Waals surface area contributed by atoms with E-state index in [1.165, 1.54) is 0 Å². The number of carbonyl (C=O) groups is 2. The molecule has 0 unspecified atom stereocenters. The zero-order valence-electron chi connectivity index (χ0n) is 20.3. The highest BCUT2D eigenvalue weighted by molar-refractivity contribution is 7.92. The van der Waals surface area contributed by atoms with Crippen molar-refractivity contribution in [3.63, 3.8) is 0 Å². The van der Waals surface area contributed by atoms with Gasteiger partial charge in [-0.15, -0.1) is 0 Å². The monoisotopic (exact) mass is 488 g/mol. The van der Waals surface area contributed by atoms with E-state index in [4.69, 9.17) is 0 Å². The molecule has 2 aromatic carbocycles. The Morgan fingerprint density at radius 1 is 0.882 bits per heavy atom. The molecule has 0 saturated carbocycles. The maximum absolute atomic E-state index is 13.0. The molecule has 0 fully saturated rings. The van der Waals surface area contributed by atoms with E-state index < -0.39 is 21.7 Å². The van der Waals surface area contributed by atoms with Crippen molar-refractivity contribution in [2.75, 3.05) is 30.6 Å². The molecule has 34 heavy (non-hydrogen) atoms. The van der Waals surface area contributed by atoms with Gasteiger partial charge in [0.2, 0.25) is 10.0 Å². The summed E-state index contributed by atoms with van der Waals surface area (Å²) in [6.07, 6.45) is 6.54. The van der Waals surface area contributed by atoms with E-state index in [9.17, 15) is 18.0 Å². The summed E-state index contributed by atoms with van der Waals surface area (Å²) < 4.78 is 28.0. The predicted molar refractivity (Wildman–Crippen MR) is 137 cm³/mol. The van der Waals surface area contributed by atoms with E-state index in [0.29, 0.717) is 13.0 Å². The van der Waals surface area contributed by atoms with Crippen LogP contribution in [-0.4, -0.2) is 46.0 Å². The van der Waals surface area contributed by atoms with E-state index in [1.54, 1.807) is 18.2 Å². The van der Waals surface area contributed by atoms with Gasteiger partial charge >= 0.3 is 0 Å². The number of anilines is 1. The van der Waals surface area contributed by atoms with Crippen LogP contribution < -0.4 is 15.4 Å². The van der Waals surface area contributed by atoms with Gasteiger partial charge < -0.3 is 10.6 Å². The fourth-order valence-electron chi connectivity index (χ4n) is 3.63. The maximum atomic E-state index is 13.0. The van der Waals surface area contributed by atoms with Crippen molar-refractivity contribution < 1.29 is 23.3 Å². The van der Waals surface area contributed by atoms with Gasteiger partial charge in [-0.2, -0.15) is 0 Å². The van der Waals surface area contributed by atoms with E-state index in [-0.39, 0.29) is 17.0 Å². The largest absolute Gasteiger partial charge is 0.349 e. The first-order valence-corrected chi connectivity index (χ1v) is 13.8. The molecule has 2 rings (SSSR count). The Morgan fingerprint density at radius 3 is 2.29 bits per heavy atom. The fraction of sp³-hybridized carbons (Fsp3) is 0.462. The molecular formula is C26H38N3O4S+. The average molecular weight is 489 g/mol. The van der Waals surface area contributed by atoms with Gasteiger partial charge in [0.15, 0.2) is 0 Å². The van der Waals surface area contributed by atoms with Crippen LogP contribution in [0.5, 0.6) is 0 Å². The number of benzene rings is 2. The Kier molecular flexibility index (Phi) is 11.8. The number of Topliss-reactive ketones (excluding diaryl/α,β-unsaturated/α-hetero) is 1. The van der Waals surface area contributed by atoms with Gasteiger partial charge in [-0.3, -0.25) is 14.3 Å². The van der Waals surface area contributed by atoms with Crippen molar-refractivity contribution in [3.05, 3.63) is 54.1 Å². The third kappa shape index (κ3) is 9.27. The van der Waals surface area contributed by atoms with Crippen LogP contribution in [0.15, 0.2) is 48.5 Å². The second-order valence-corrected chi connectivity index (χ2v) is 10.3. The number of nitrogens with two attached hydrogens (primary N) is 1. The number of unbranched alkanes of at least 4 members (excludes halogenated alkanes) is 5. The SMILES string of the molecule is CCCCCCCCS(=O)(=O)Nc1ccc(-c2ccccc2)cc1C(=O)C(=O)NCCC[NH2+]C. The summed E-state index contributed by atoms with van der Waals surface area (Å²) in [6, 6.07) is 14.3. The van der Waals surface area contributed by atoms with Crippen molar-refractivity contribution in [3.8, 4) is 11.1 Å². The highest BCUT2D eigenvalue weighted by atomic mass is 32.2. The van der Waals surface area contributed by atoms with Crippen LogP contribution in [0.2, 0.25) is 0 Å². The lowest BCUT2D eigenvalue weighted by Gasteiger charge is -2.14. The molecule has 0 aliphatic heterocycles. The van der Waals surface area contributed by atoms with Crippen molar-refractivity contribution in [2.24, 2.45) is 0 Å². The molecule has 1 amide bonds. The normalized spacial score (nSPS) is 11.2. The van der Waals surface area contributed by atoms with Crippen molar-refractivity contribution in [2.45, 2.75) is 51.9 Å². The van der Waals surface area contributed by atoms with Crippen LogP contribution in [-0.2, 0) is 14.8 Å². The lowest BCUT2D eigenvalue weighted by atomic mass is 9.99. The lowest BCUT2D eigenvalue weighted by Crippen LogP contribution is -2.79. The minimum absolute atomic E-state index is 0.0209. The quantitative estimate of drug-likeness (QED) is 0.191. The van der Waals surface area contributed by atoms with Crippen molar-refractivity contribution >= 4 is 27.4 Å². The Hall–Kier alpha value is -2.71. The number of quaternary nitrogens is 1. The third-order valence-electron chi connectivity index (χ3n) is 5.56. The molecule has 186 valence electrons. The Balaban J connectivity index is 2.19. The highest BCUT2D eigenvalue weighted by Crippen LogP contribution is 2.27. The minimum atomic E-state index is -3.65. The lowest BCUT2D eigenvalue weighted by molar-refractivity contribution is -0.626. The molecule has 0 saturated heterocycles. The number of hydrogen-bond acceptors (Lipinski definition) is 4. The smallest absolute Gasteiger partial charge is 0.292 e. The molecule has 8 heteroatoms. The predicted octanol–water partition coefficient (Wildman–Crippen LogP) is 3.34. The summed E-state index contributed by atoms with van der Waals surface area (Å²) in [4.78, 5) is 25.5. The molecule has 0 aliphatic carbocycles. The number of hydrogen-bond donors (Lipinski definition) is 3. The molecule has 0 heterocycles. The zero-order chi connectivity index (χ0) is 24.8. The number of carbonyl (C=O) groups excluding carboxylic acids is 2. The number of sulfonamides is 1. The topological polar surface area (TPSA) is 109 Å². The first-order chi connectivity index (χ1) is 16.4. The molecule has 0 spiro atoms. The van der Waals surface area contributed by atoms with E-state index in [2.05, 4.69) is 17.0 Å². The summed E-state index contributed by atoms with van der Waals surface area (Å²) >= 11 is 0. The molecule has 4 N–H and O–H groups in total. The third-order valence-corrected chi connectivity index (χ3v) is 6.92. The summed E-state index contributed by atoms with van der Waals surface area (Å²) in [5.74, 6) is -1.51. The first kappa shape index (κ1) is 27.5. The van der Waals surface area contributed by atoms with Crippen LogP contribution in [0.1, 0.15) is 62.2 Å². The number of ketones is 1. The van der Waals surface area contributed by atoms with Crippen molar-refractivity contribution in [1.29, 1.82) is 0 Å². The van der Waals surface area contributed by atoms with Gasteiger partial charge in [0.05, 0.1) is 30.6 Å². The van der Waals surface area contributed by atoms with Crippen LogP contribution in [0.3, 0.4) is 0 Å². The first-order valence-electron chi connectivity index (χ1n) is 12.2. The fourth-order valence-corrected chi connectivity index (χ4v) is 4.83. The molecule has 0 radical (unpaired) electrons. The van der Waals surface area contributed by atoms with Gasteiger partial charge in [0, 0.05) is 13.0 Å². The van der Waals surface area contributed by atoms with Gasteiger partial charge in [-0.05, 0) is 29.7 Å². The second-order valence-electron chi connectivity index (χ2n) is 8.45. The Morgan fingerprint density at radius 2 is 1.59 bits per heavy atom. The van der Waals surface area contributed by atoms with Crippen LogP contribution >= 0.6 is 0 Å². The highest BCUT2D eigenvalue weighted by Gasteiger charge is 2.23.